The number of nitrogens with one attached hydrogen (secondary N) is 1. The van der Waals surface area contributed by atoms with Gasteiger partial charge in [-0.15, -0.1) is 0 Å². The molecular weight excluding hydrogens is 318 g/mol. The molecule has 2 rings (SSSR count). The molecular formula is C16H20ClN3O3. The fourth-order valence-electron chi connectivity index (χ4n) is 1.93. The van der Waals surface area contributed by atoms with Gasteiger partial charge in [0.1, 0.15) is 18.1 Å². The van der Waals surface area contributed by atoms with Gasteiger partial charge in [-0.2, -0.15) is 0 Å². The van der Waals surface area contributed by atoms with Crippen molar-refractivity contribution < 1.29 is 14.1 Å². The molecule has 2 aromatic rings. The Labute approximate surface area is 140 Å². The molecule has 1 heterocycles. The lowest BCUT2D eigenvalue weighted by atomic mass is 10.2. The van der Waals surface area contributed by atoms with Gasteiger partial charge in [-0.1, -0.05) is 22.8 Å². The van der Waals surface area contributed by atoms with Crippen LogP contribution in [0.5, 0.6) is 5.75 Å². The van der Waals surface area contributed by atoms with E-state index < -0.39 is 0 Å². The van der Waals surface area contributed by atoms with Crippen molar-refractivity contribution >= 4 is 17.5 Å². The van der Waals surface area contributed by atoms with Crippen LogP contribution in [-0.4, -0.2) is 43.1 Å². The van der Waals surface area contributed by atoms with Crippen LogP contribution >= 0.6 is 11.6 Å². The minimum atomic E-state index is -0.270. The molecule has 6 nitrogen and oxygen atoms in total. The molecule has 0 spiro atoms. The highest BCUT2D eigenvalue weighted by molar-refractivity contribution is 6.30. The van der Waals surface area contributed by atoms with Crippen molar-refractivity contribution in [3.05, 3.63) is 46.3 Å². The van der Waals surface area contributed by atoms with E-state index in [4.69, 9.17) is 20.9 Å². The molecule has 1 aromatic heterocycles. The van der Waals surface area contributed by atoms with Crippen LogP contribution in [0.2, 0.25) is 5.02 Å². The van der Waals surface area contributed by atoms with E-state index in [1.807, 2.05) is 19.0 Å². The van der Waals surface area contributed by atoms with Gasteiger partial charge >= 0.3 is 0 Å². The molecule has 1 amide bonds. The average molecular weight is 338 g/mol. The summed E-state index contributed by atoms with van der Waals surface area (Å²) < 4.78 is 10.8. The van der Waals surface area contributed by atoms with Crippen LogP contribution < -0.4 is 10.1 Å². The summed E-state index contributed by atoms with van der Waals surface area (Å²) in [7, 11) is 3.88. The Balaban J connectivity index is 2.01. The number of aryl methyl sites for hydroxylation is 1. The van der Waals surface area contributed by atoms with E-state index in [1.165, 1.54) is 0 Å². The van der Waals surface area contributed by atoms with Crippen LogP contribution in [0.4, 0.5) is 0 Å². The summed E-state index contributed by atoms with van der Waals surface area (Å²) in [6.45, 7) is 3.22. The quantitative estimate of drug-likeness (QED) is 0.840. The van der Waals surface area contributed by atoms with Gasteiger partial charge in [0.05, 0.1) is 5.56 Å². The Kier molecular flexibility index (Phi) is 6.01. The molecule has 124 valence electrons. The third-order valence-corrected chi connectivity index (χ3v) is 3.46. The summed E-state index contributed by atoms with van der Waals surface area (Å²) in [6, 6.07) is 7.07. The molecule has 0 aliphatic rings. The zero-order valence-corrected chi connectivity index (χ0v) is 14.2. The summed E-state index contributed by atoms with van der Waals surface area (Å²) in [6.07, 6.45) is 0. The lowest BCUT2D eigenvalue weighted by Gasteiger charge is -2.10. The molecule has 1 aromatic carbocycles. The zero-order chi connectivity index (χ0) is 16.8. The Morgan fingerprint density at radius 3 is 2.91 bits per heavy atom. The first-order valence-electron chi connectivity index (χ1n) is 7.24. The van der Waals surface area contributed by atoms with Crippen LogP contribution in [0, 0.1) is 6.92 Å². The molecule has 23 heavy (non-hydrogen) atoms. The number of aromatic nitrogens is 1. The molecule has 0 fully saturated rings. The van der Waals surface area contributed by atoms with Crippen LogP contribution in [0.1, 0.15) is 21.8 Å². The van der Waals surface area contributed by atoms with Crippen LogP contribution in [0.3, 0.4) is 0 Å². The normalized spacial score (nSPS) is 10.8. The van der Waals surface area contributed by atoms with Crippen LogP contribution in [-0.2, 0) is 6.61 Å². The molecule has 1 N–H and O–H groups in total. The summed E-state index contributed by atoms with van der Waals surface area (Å²) >= 11 is 5.92. The fraction of sp³-hybridized carbons (Fsp3) is 0.375. The van der Waals surface area contributed by atoms with E-state index >= 15 is 0 Å². The van der Waals surface area contributed by atoms with E-state index in [1.54, 1.807) is 31.2 Å². The first-order valence-corrected chi connectivity index (χ1v) is 7.61. The number of hydrogen-bond donors (Lipinski definition) is 1. The second-order valence-corrected chi connectivity index (χ2v) is 5.81. The number of benzene rings is 1. The van der Waals surface area contributed by atoms with Crippen molar-refractivity contribution in [2.45, 2.75) is 13.5 Å². The summed E-state index contributed by atoms with van der Waals surface area (Å²) in [5.74, 6) is 0.912. The van der Waals surface area contributed by atoms with Gasteiger partial charge in [-0.25, -0.2) is 0 Å². The van der Waals surface area contributed by atoms with E-state index in [-0.39, 0.29) is 18.2 Å². The minimum absolute atomic E-state index is 0.187. The van der Waals surface area contributed by atoms with Crippen LogP contribution in [0.25, 0.3) is 0 Å². The van der Waals surface area contributed by atoms with Gasteiger partial charge in [-0.05, 0) is 39.2 Å². The second kappa shape index (κ2) is 7.99. The number of likely N-dealkylation sites (N-methyl/N-ethyl adjacent to an activating group) is 1. The van der Waals surface area contributed by atoms with Crippen molar-refractivity contribution in [2.24, 2.45) is 0 Å². The molecule has 0 radical (unpaired) electrons. The molecule has 7 heteroatoms. The second-order valence-electron chi connectivity index (χ2n) is 5.37. The minimum Gasteiger partial charge on any atom is -0.489 e. The highest BCUT2D eigenvalue weighted by atomic mass is 35.5. The topological polar surface area (TPSA) is 67.6 Å². The monoisotopic (exact) mass is 337 g/mol. The summed E-state index contributed by atoms with van der Waals surface area (Å²) in [5.41, 5.74) is 0.885. The van der Waals surface area contributed by atoms with Crippen molar-refractivity contribution in [1.29, 1.82) is 0 Å². The number of halogens is 1. The van der Waals surface area contributed by atoms with Crippen molar-refractivity contribution in [1.82, 2.24) is 15.4 Å². The SMILES string of the molecule is Cc1onc(C(=O)NCCN(C)C)c1COc1cccc(Cl)c1. The van der Waals surface area contributed by atoms with Gasteiger partial charge in [0.15, 0.2) is 5.69 Å². The number of carbonyl (C=O) groups is 1. The lowest BCUT2D eigenvalue weighted by molar-refractivity contribution is 0.0940. The maximum Gasteiger partial charge on any atom is 0.273 e. The first kappa shape index (κ1) is 17.3. The van der Waals surface area contributed by atoms with E-state index in [2.05, 4.69) is 10.5 Å². The molecule has 0 aliphatic carbocycles. The van der Waals surface area contributed by atoms with Crippen LogP contribution in [0.15, 0.2) is 28.8 Å². The highest BCUT2D eigenvalue weighted by Crippen LogP contribution is 2.20. The maximum atomic E-state index is 12.2. The zero-order valence-electron chi connectivity index (χ0n) is 13.4. The Morgan fingerprint density at radius 2 is 2.22 bits per heavy atom. The fourth-order valence-corrected chi connectivity index (χ4v) is 2.11. The van der Waals surface area contributed by atoms with E-state index in [0.29, 0.717) is 28.6 Å². The molecule has 0 aliphatic heterocycles. The highest BCUT2D eigenvalue weighted by Gasteiger charge is 2.20. The lowest BCUT2D eigenvalue weighted by Crippen LogP contribution is -2.32. The smallest absolute Gasteiger partial charge is 0.273 e. The van der Waals surface area contributed by atoms with Gasteiger partial charge in [-0.3, -0.25) is 4.79 Å². The predicted octanol–water partition coefficient (Wildman–Crippen LogP) is 2.51. The van der Waals surface area contributed by atoms with Gasteiger partial charge in [0, 0.05) is 18.1 Å². The molecule has 0 atom stereocenters. The first-order chi connectivity index (χ1) is 11.0. The molecule has 0 bridgehead atoms. The Morgan fingerprint density at radius 1 is 1.43 bits per heavy atom. The number of hydrogen-bond acceptors (Lipinski definition) is 5. The van der Waals surface area contributed by atoms with E-state index in [9.17, 15) is 4.79 Å². The van der Waals surface area contributed by atoms with Gasteiger partial charge < -0.3 is 19.5 Å². The number of nitrogens with zero attached hydrogens (tertiary/aromatic N) is 2. The van der Waals surface area contributed by atoms with Gasteiger partial charge in [0.2, 0.25) is 0 Å². The third-order valence-electron chi connectivity index (χ3n) is 3.22. The maximum absolute atomic E-state index is 12.2. The largest absolute Gasteiger partial charge is 0.489 e. The van der Waals surface area contributed by atoms with Crippen molar-refractivity contribution in [3.8, 4) is 5.75 Å². The Bertz CT molecular complexity index is 670. The van der Waals surface area contributed by atoms with Gasteiger partial charge in [0.25, 0.3) is 5.91 Å². The summed E-state index contributed by atoms with van der Waals surface area (Å²) in [5, 5.41) is 7.24. The number of carbonyl (C=O) groups excluding carboxylic acids is 1. The number of rotatable bonds is 7. The number of amides is 1. The standard InChI is InChI=1S/C16H20ClN3O3/c1-11-14(10-22-13-6-4-5-12(17)9-13)15(19-23-11)16(21)18-7-8-20(2)3/h4-6,9H,7-8,10H2,1-3H3,(H,18,21). The Hall–Kier alpha value is -2.05. The molecule has 0 saturated heterocycles. The molecule has 0 saturated carbocycles. The third kappa shape index (κ3) is 4.97. The van der Waals surface area contributed by atoms with Crippen molar-refractivity contribution in [2.75, 3.05) is 27.2 Å². The summed E-state index contributed by atoms with van der Waals surface area (Å²) in [4.78, 5) is 14.2. The number of ether oxygens (including phenoxy) is 1. The molecule has 0 unspecified atom stereocenters. The van der Waals surface area contributed by atoms with Crippen molar-refractivity contribution in [3.63, 3.8) is 0 Å². The van der Waals surface area contributed by atoms with E-state index in [0.717, 1.165) is 6.54 Å². The average Bonchev–Trinajstić information content (AvgIpc) is 2.86. The predicted molar refractivity (Wildman–Crippen MR) is 87.9 cm³/mol.